The Hall–Kier alpha value is -0.610. The Morgan fingerprint density at radius 2 is 2.21 bits per heavy atom. The molecule has 0 aliphatic rings. The van der Waals surface area contributed by atoms with E-state index in [0.717, 1.165) is 25.9 Å². The van der Waals surface area contributed by atoms with Crippen LogP contribution in [0.25, 0.3) is 0 Å². The van der Waals surface area contributed by atoms with Crippen LogP contribution in [0.5, 0.6) is 0 Å². The van der Waals surface area contributed by atoms with Crippen molar-refractivity contribution in [3.8, 4) is 0 Å². The van der Waals surface area contributed by atoms with Crippen molar-refractivity contribution in [1.29, 1.82) is 0 Å². The maximum atomic E-state index is 11.1. The van der Waals surface area contributed by atoms with Gasteiger partial charge in [-0.2, -0.15) is 0 Å². The molecule has 0 bridgehead atoms. The van der Waals surface area contributed by atoms with E-state index in [1.165, 1.54) is 0 Å². The van der Waals surface area contributed by atoms with Gasteiger partial charge < -0.3 is 15.8 Å². The lowest BCUT2D eigenvalue weighted by molar-refractivity contribution is -0.143. The molecule has 4 nitrogen and oxygen atoms in total. The Balaban J connectivity index is 3.35. The topological polar surface area (TPSA) is 64.3 Å². The van der Waals surface area contributed by atoms with E-state index >= 15 is 0 Å². The van der Waals surface area contributed by atoms with Gasteiger partial charge >= 0.3 is 5.97 Å². The highest BCUT2D eigenvalue weighted by atomic mass is 16.5. The van der Waals surface area contributed by atoms with E-state index in [0.29, 0.717) is 13.0 Å². The number of unbranched alkanes of at least 4 members (excludes halogenated alkanes) is 1. The molecule has 0 saturated heterocycles. The lowest BCUT2D eigenvalue weighted by Gasteiger charge is -2.12. The maximum Gasteiger partial charge on any atom is 0.307 e. The lowest BCUT2D eigenvalue weighted by atomic mass is 10.2. The summed E-state index contributed by atoms with van der Waals surface area (Å²) in [5.41, 5.74) is 5.36. The number of rotatable bonds is 8. The van der Waals surface area contributed by atoms with Crippen LogP contribution in [0.15, 0.2) is 0 Å². The van der Waals surface area contributed by atoms with Crippen LogP contribution in [0.3, 0.4) is 0 Å². The van der Waals surface area contributed by atoms with E-state index in [9.17, 15) is 4.79 Å². The molecule has 1 unspecified atom stereocenters. The Kier molecular flexibility index (Phi) is 8.57. The van der Waals surface area contributed by atoms with E-state index in [1.807, 2.05) is 13.8 Å². The molecule has 0 aromatic rings. The molecule has 4 heteroatoms. The van der Waals surface area contributed by atoms with Gasteiger partial charge in [0.1, 0.15) is 0 Å². The van der Waals surface area contributed by atoms with E-state index in [1.54, 1.807) is 0 Å². The third kappa shape index (κ3) is 8.01. The second-order valence-corrected chi connectivity index (χ2v) is 3.36. The van der Waals surface area contributed by atoms with Gasteiger partial charge in [0.2, 0.25) is 0 Å². The summed E-state index contributed by atoms with van der Waals surface area (Å²) in [6.07, 6.45) is 2.53. The van der Waals surface area contributed by atoms with Gasteiger partial charge in [0, 0.05) is 6.04 Å². The van der Waals surface area contributed by atoms with Gasteiger partial charge in [0.05, 0.1) is 13.0 Å². The molecular weight excluding hydrogens is 180 g/mol. The Labute approximate surface area is 86.2 Å². The zero-order valence-electron chi connectivity index (χ0n) is 9.21. The van der Waals surface area contributed by atoms with Crippen molar-refractivity contribution in [2.24, 2.45) is 5.73 Å². The molecule has 0 spiro atoms. The second kappa shape index (κ2) is 8.97. The molecule has 0 fully saturated rings. The number of hydrogen-bond donors (Lipinski definition) is 2. The van der Waals surface area contributed by atoms with Crippen LogP contribution in [0, 0.1) is 0 Å². The number of carbonyl (C=O) groups excluding carboxylic acids is 1. The number of esters is 1. The molecule has 0 rings (SSSR count). The minimum Gasteiger partial charge on any atom is -0.466 e. The van der Waals surface area contributed by atoms with E-state index < -0.39 is 0 Å². The lowest BCUT2D eigenvalue weighted by Crippen LogP contribution is -2.30. The SMILES string of the molecule is CCOC(=O)CC(C)NCCCCN. The number of carbonyl (C=O) groups is 1. The van der Waals surface area contributed by atoms with Gasteiger partial charge in [0.15, 0.2) is 0 Å². The fourth-order valence-corrected chi connectivity index (χ4v) is 1.16. The Morgan fingerprint density at radius 1 is 1.50 bits per heavy atom. The van der Waals surface area contributed by atoms with Crippen LogP contribution in [0.2, 0.25) is 0 Å². The summed E-state index contributed by atoms with van der Waals surface area (Å²) in [4.78, 5) is 11.1. The molecule has 0 aliphatic carbocycles. The largest absolute Gasteiger partial charge is 0.466 e. The van der Waals surface area contributed by atoms with E-state index in [4.69, 9.17) is 10.5 Å². The van der Waals surface area contributed by atoms with Gasteiger partial charge in [-0.25, -0.2) is 0 Å². The van der Waals surface area contributed by atoms with Gasteiger partial charge in [0.25, 0.3) is 0 Å². The monoisotopic (exact) mass is 202 g/mol. The first-order valence-corrected chi connectivity index (χ1v) is 5.29. The second-order valence-electron chi connectivity index (χ2n) is 3.36. The predicted molar refractivity (Wildman–Crippen MR) is 57.0 cm³/mol. The van der Waals surface area contributed by atoms with Crippen molar-refractivity contribution in [2.45, 2.75) is 39.2 Å². The van der Waals surface area contributed by atoms with Crippen molar-refractivity contribution in [3.63, 3.8) is 0 Å². The molecule has 0 aromatic carbocycles. The summed E-state index contributed by atoms with van der Waals surface area (Å²) in [7, 11) is 0. The van der Waals surface area contributed by atoms with E-state index in [2.05, 4.69) is 5.32 Å². The van der Waals surface area contributed by atoms with Crippen LogP contribution in [-0.2, 0) is 9.53 Å². The van der Waals surface area contributed by atoms with Crippen LogP contribution in [-0.4, -0.2) is 31.7 Å². The normalized spacial score (nSPS) is 12.5. The van der Waals surface area contributed by atoms with Crippen molar-refractivity contribution in [3.05, 3.63) is 0 Å². The molecule has 0 radical (unpaired) electrons. The van der Waals surface area contributed by atoms with Crippen molar-refractivity contribution in [1.82, 2.24) is 5.32 Å². The van der Waals surface area contributed by atoms with Crippen LogP contribution < -0.4 is 11.1 Å². The third-order valence-corrected chi connectivity index (χ3v) is 1.90. The van der Waals surface area contributed by atoms with Gasteiger partial charge in [-0.1, -0.05) is 0 Å². The Bertz CT molecular complexity index is 151. The summed E-state index contributed by atoms with van der Waals surface area (Å²) in [5.74, 6) is -0.133. The first kappa shape index (κ1) is 13.4. The van der Waals surface area contributed by atoms with E-state index in [-0.39, 0.29) is 12.0 Å². The molecule has 0 aromatic heterocycles. The van der Waals surface area contributed by atoms with Gasteiger partial charge in [-0.3, -0.25) is 4.79 Å². The number of ether oxygens (including phenoxy) is 1. The number of nitrogens with two attached hydrogens (primary N) is 1. The summed E-state index contributed by atoms with van der Waals surface area (Å²) in [6, 6.07) is 0.187. The summed E-state index contributed by atoms with van der Waals surface area (Å²) < 4.78 is 4.84. The standard InChI is InChI=1S/C10H22N2O2/c1-3-14-10(13)8-9(2)12-7-5-4-6-11/h9,12H,3-8,11H2,1-2H3. The van der Waals surface area contributed by atoms with Crippen molar-refractivity contribution >= 4 is 5.97 Å². The number of hydrogen-bond acceptors (Lipinski definition) is 4. The quantitative estimate of drug-likeness (QED) is 0.448. The highest BCUT2D eigenvalue weighted by molar-refractivity contribution is 5.69. The highest BCUT2D eigenvalue weighted by Crippen LogP contribution is 1.94. The van der Waals surface area contributed by atoms with Crippen molar-refractivity contribution < 1.29 is 9.53 Å². The van der Waals surface area contributed by atoms with Gasteiger partial charge in [-0.15, -0.1) is 0 Å². The third-order valence-electron chi connectivity index (χ3n) is 1.90. The van der Waals surface area contributed by atoms with Crippen LogP contribution in [0.1, 0.15) is 33.1 Å². The minimum absolute atomic E-state index is 0.133. The minimum atomic E-state index is -0.133. The predicted octanol–water partition coefficient (Wildman–Crippen LogP) is 0.657. The fourth-order valence-electron chi connectivity index (χ4n) is 1.16. The molecule has 1 atom stereocenters. The summed E-state index contributed by atoms with van der Waals surface area (Å²) >= 11 is 0. The fraction of sp³-hybridized carbons (Fsp3) is 0.900. The molecule has 0 amide bonds. The molecule has 0 aliphatic heterocycles. The zero-order valence-corrected chi connectivity index (χ0v) is 9.21. The Morgan fingerprint density at radius 3 is 2.79 bits per heavy atom. The summed E-state index contributed by atoms with van der Waals surface area (Å²) in [5, 5.41) is 3.25. The molecule has 0 saturated carbocycles. The van der Waals surface area contributed by atoms with Gasteiger partial charge in [-0.05, 0) is 39.8 Å². The van der Waals surface area contributed by atoms with Crippen LogP contribution >= 0.6 is 0 Å². The van der Waals surface area contributed by atoms with Crippen LogP contribution in [0.4, 0.5) is 0 Å². The average molecular weight is 202 g/mol. The first-order chi connectivity index (χ1) is 6.70. The molecule has 14 heavy (non-hydrogen) atoms. The molecule has 84 valence electrons. The van der Waals surface area contributed by atoms with Crippen molar-refractivity contribution in [2.75, 3.05) is 19.7 Å². The first-order valence-electron chi connectivity index (χ1n) is 5.29. The highest BCUT2D eigenvalue weighted by Gasteiger charge is 2.08. The molecule has 0 heterocycles. The molecule has 3 N–H and O–H groups in total. The zero-order chi connectivity index (χ0) is 10.8. The average Bonchev–Trinajstić information content (AvgIpc) is 2.13. The molecular formula is C10H22N2O2. The smallest absolute Gasteiger partial charge is 0.307 e. The summed E-state index contributed by atoms with van der Waals surface area (Å²) in [6.45, 7) is 5.90. The number of nitrogens with one attached hydrogen (secondary N) is 1. The maximum absolute atomic E-state index is 11.1.